The SMILES string of the molecule is CC(O)CNC(C)C.O=C(O)/C=C\C(=O)O. The number of aliphatic hydroxyl groups excluding tert-OH is 1. The maximum absolute atomic E-state index is 9.55. The van der Waals surface area contributed by atoms with Gasteiger partial charge in [0.15, 0.2) is 0 Å². The predicted octanol–water partition coefficient (Wildman–Crippen LogP) is 0.0770. The zero-order chi connectivity index (χ0) is 13.1. The summed E-state index contributed by atoms with van der Waals surface area (Å²) in [5.74, 6) is -2.51. The molecule has 0 rings (SSSR count). The van der Waals surface area contributed by atoms with Gasteiger partial charge in [0.2, 0.25) is 0 Å². The van der Waals surface area contributed by atoms with Gasteiger partial charge in [0.25, 0.3) is 0 Å². The largest absolute Gasteiger partial charge is 0.478 e. The Bertz CT molecular complexity index is 211. The molecule has 0 fully saturated rings. The molecule has 0 heterocycles. The van der Waals surface area contributed by atoms with Crippen molar-refractivity contribution in [3.8, 4) is 0 Å². The summed E-state index contributed by atoms with van der Waals surface area (Å²) in [5, 5.41) is 27.5. The molecule has 0 aliphatic carbocycles. The maximum Gasteiger partial charge on any atom is 0.328 e. The van der Waals surface area contributed by atoms with Gasteiger partial charge in [-0.05, 0) is 6.92 Å². The Kier molecular flexibility index (Phi) is 10.8. The fourth-order valence-electron chi connectivity index (χ4n) is 0.549. The number of aliphatic carboxylic acids is 2. The Morgan fingerprint density at radius 1 is 1.12 bits per heavy atom. The van der Waals surface area contributed by atoms with E-state index in [1.54, 1.807) is 6.92 Å². The van der Waals surface area contributed by atoms with E-state index in [-0.39, 0.29) is 6.10 Å². The van der Waals surface area contributed by atoms with Gasteiger partial charge >= 0.3 is 11.9 Å². The summed E-state index contributed by atoms with van der Waals surface area (Å²) < 4.78 is 0. The molecule has 0 aromatic rings. The second-order valence-electron chi connectivity index (χ2n) is 3.42. The topological polar surface area (TPSA) is 107 Å². The lowest BCUT2D eigenvalue weighted by molar-refractivity contribution is -0.134. The third-order valence-electron chi connectivity index (χ3n) is 1.19. The first-order chi connectivity index (χ1) is 7.25. The smallest absolute Gasteiger partial charge is 0.328 e. The molecule has 0 aliphatic rings. The molecule has 0 saturated carbocycles. The fraction of sp³-hybridized carbons (Fsp3) is 0.600. The van der Waals surface area contributed by atoms with E-state index in [1.165, 1.54) is 0 Å². The van der Waals surface area contributed by atoms with Crippen molar-refractivity contribution in [3.05, 3.63) is 12.2 Å². The molecule has 1 unspecified atom stereocenters. The number of carboxylic acid groups (broad SMARTS) is 2. The molecule has 0 aromatic carbocycles. The average Bonchev–Trinajstić information content (AvgIpc) is 2.12. The minimum absolute atomic E-state index is 0.225. The van der Waals surface area contributed by atoms with Crippen molar-refractivity contribution in [2.24, 2.45) is 0 Å². The molecule has 94 valence electrons. The first-order valence-electron chi connectivity index (χ1n) is 4.81. The number of hydrogen-bond acceptors (Lipinski definition) is 4. The lowest BCUT2D eigenvalue weighted by Crippen LogP contribution is -2.30. The first-order valence-corrected chi connectivity index (χ1v) is 4.81. The summed E-state index contributed by atoms with van der Waals surface area (Å²) >= 11 is 0. The summed E-state index contributed by atoms with van der Waals surface area (Å²) in [6.07, 6.45) is 0.891. The minimum Gasteiger partial charge on any atom is -0.478 e. The summed E-state index contributed by atoms with van der Waals surface area (Å²) in [4.78, 5) is 19.1. The van der Waals surface area contributed by atoms with Crippen molar-refractivity contribution in [2.45, 2.75) is 32.9 Å². The third kappa shape index (κ3) is 22.9. The molecule has 6 heteroatoms. The molecule has 0 radical (unpaired) electrons. The molecule has 4 N–H and O–H groups in total. The molecule has 0 aliphatic heterocycles. The van der Waals surface area contributed by atoms with E-state index in [4.69, 9.17) is 15.3 Å². The zero-order valence-electron chi connectivity index (χ0n) is 9.67. The van der Waals surface area contributed by atoms with E-state index in [0.29, 0.717) is 24.7 Å². The van der Waals surface area contributed by atoms with E-state index < -0.39 is 11.9 Å². The molecule has 1 atom stereocenters. The van der Waals surface area contributed by atoms with Crippen LogP contribution in [-0.4, -0.2) is 45.9 Å². The Morgan fingerprint density at radius 3 is 1.62 bits per heavy atom. The predicted molar refractivity (Wildman–Crippen MR) is 59.2 cm³/mol. The van der Waals surface area contributed by atoms with Crippen molar-refractivity contribution >= 4 is 11.9 Å². The first kappa shape index (κ1) is 17.0. The van der Waals surface area contributed by atoms with Crippen LogP contribution in [0.1, 0.15) is 20.8 Å². The van der Waals surface area contributed by atoms with Crippen molar-refractivity contribution in [1.29, 1.82) is 0 Å². The lowest BCUT2D eigenvalue weighted by atomic mass is 10.3. The van der Waals surface area contributed by atoms with E-state index in [1.807, 2.05) is 0 Å². The van der Waals surface area contributed by atoms with Crippen LogP contribution in [0.25, 0.3) is 0 Å². The quantitative estimate of drug-likeness (QED) is 0.501. The highest BCUT2D eigenvalue weighted by Gasteiger charge is 1.94. The second kappa shape index (κ2) is 10.1. The zero-order valence-corrected chi connectivity index (χ0v) is 9.67. The molecular weight excluding hydrogens is 214 g/mol. The summed E-state index contributed by atoms with van der Waals surface area (Å²) in [5.41, 5.74) is 0. The Labute approximate surface area is 94.6 Å². The Balaban J connectivity index is 0. The Hall–Kier alpha value is -1.40. The highest BCUT2D eigenvalue weighted by Crippen LogP contribution is 1.78. The van der Waals surface area contributed by atoms with Gasteiger partial charge in [-0.15, -0.1) is 0 Å². The van der Waals surface area contributed by atoms with Crippen LogP contribution in [0.3, 0.4) is 0 Å². The standard InChI is InChI=1S/C6H15NO.C4H4O4/c1-5(2)7-4-6(3)8;5-3(6)1-2-4(7)8/h5-8H,4H2,1-3H3;1-2H,(H,5,6)(H,7,8)/b;2-1-. The molecular formula is C10H19NO5. The molecule has 0 spiro atoms. The van der Waals surface area contributed by atoms with Gasteiger partial charge < -0.3 is 20.6 Å². The third-order valence-corrected chi connectivity index (χ3v) is 1.19. The molecule has 0 saturated heterocycles. The van der Waals surface area contributed by atoms with E-state index in [2.05, 4.69) is 19.2 Å². The van der Waals surface area contributed by atoms with Crippen molar-refractivity contribution in [1.82, 2.24) is 5.32 Å². The number of carboxylic acids is 2. The summed E-state index contributed by atoms with van der Waals surface area (Å²) in [7, 11) is 0. The molecule has 6 nitrogen and oxygen atoms in total. The summed E-state index contributed by atoms with van der Waals surface area (Å²) in [6, 6.07) is 0.476. The van der Waals surface area contributed by atoms with Gasteiger partial charge in [-0.1, -0.05) is 13.8 Å². The number of hydrogen-bond donors (Lipinski definition) is 4. The van der Waals surface area contributed by atoms with Crippen LogP contribution in [-0.2, 0) is 9.59 Å². The average molecular weight is 233 g/mol. The number of rotatable bonds is 5. The van der Waals surface area contributed by atoms with Crippen LogP contribution in [0.2, 0.25) is 0 Å². The van der Waals surface area contributed by atoms with Crippen LogP contribution in [0.4, 0.5) is 0 Å². The van der Waals surface area contributed by atoms with Gasteiger partial charge in [0.05, 0.1) is 6.10 Å². The number of carbonyl (C=O) groups is 2. The highest BCUT2D eigenvalue weighted by molar-refractivity contribution is 5.89. The van der Waals surface area contributed by atoms with E-state index in [0.717, 1.165) is 0 Å². The van der Waals surface area contributed by atoms with Gasteiger partial charge in [-0.2, -0.15) is 0 Å². The Morgan fingerprint density at radius 2 is 1.50 bits per heavy atom. The maximum atomic E-state index is 9.55. The summed E-state index contributed by atoms with van der Waals surface area (Å²) in [6.45, 7) is 6.58. The molecule has 0 aromatic heterocycles. The van der Waals surface area contributed by atoms with Crippen molar-refractivity contribution in [3.63, 3.8) is 0 Å². The van der Waals surface area contributed by atoms with Gasteiger partial charge in [0, 0.05) is 24.7 Å². The van der Waals surface area contributed by atoms with Crippen LogP contribution in [0.15, 0.2) is 12.2 Å². The minimum atomic E-state index is -1.26. The van der Waals surface area contributed by atoms with Crippen LogP contribution in [0, 0.1) is 0 Å². The molecule has 16 heavy (non-hydrogen) atoms. The number of nitrogens with one attached hydrogen (secondary N) is 1. The normalized spacial score (nSPS) is 12.1. The second-order valence-corrected chi connectivity index (χ2v) is 3.42. The lowest BCUT2D eigenvalue weighted by Gasteiger charge is -2.08. The monoisotopic (exact) mass is 233 g/mol. The van der Waals surface area contributed by atoms with Gasteiger partial charge in [0.1, 0.15) is 0 Å². The number of aliphatic hydroxyl groups is 1. The van der Waals surface area contributed by atoms with Crippen molar-refractivity contribution in [2.75, 3.05) is 6.54 Å². The van der Waals surface area contributed by atoms with Gasteiger partial charge in [-0.3, -0.25) is 0 Å². The van der Waals surface area contributed by atoms with Crippen LogP contribution >= 0.6 is 0 Å². The van der Waals surface area contributed by atoms with Gasteiger partial charge in [-0.25, -0.2) is 9.59 Å². The van der Waals surface area contributed by atoms with Crippen molar-refractivity contribution < 1.29 is 24.9 Å². The van der Waals surface area contributed by atoms with E-state index in [9.17, 15) is 9.59 Å². The van der Waals surface area contributed by atoms with Crippen LogP contribution in [0.5, 0.6) is 0 Å². The van der Waals surface area contributed by atoms with E-state index >= 15 is 0 Å². The fourth-order valence-corrected chi connectivity index (χ4v) is 0.549. The molecule has 0 amide bonds. The van der Waals surface area contributed by atoms with Crippen LogP contribution < -0.4 is 5.32 Å². The highest BCUT2D eigenvalue weighted by atomic mass is 16.4. The molecule has 0 bridgehead atoms.